The summed E-state index contributed by atoms with van der Waals surface area (Å²) in [5, 5.41) is 8.11. The van der Waals surface area contributed by atoms with Crippen LogP contribution in [0.1, 0.15) is 0 Å². The van der Waals surface area contributed by atoms with E-state index in [1.807, 2.05) is 6.26 Å². The largest absolute Gasteiger partial charge is 0.384 e. The highest BCUT2D eigenvalue weighted by atomic mass is 32.2. The van der Waals surface area contributed by atoms with E-state index in [4.69, 9.17) is 5.11 Å². The van der Waals surface area contributed by atoms with E-state index < -0.39 is 0 Å². The minimum absolute atomic E-state index is 0.0133. The molecule has 0 saturated carbocycles. The predicted molar refractivity (Wildman–Crippen MR) is 33.2 cm³/mol. The number of hydrogen-bond donors (Lipinski definition) is 1. The second kappa shape index (κ2) is 5.87. The van der Waals surface area contributed by atoms with Crippen molar-refractivity contribution in [2.24, 2.45) is 0 Å². The van der Waals surface area contributed by atoms with Crippen molar-refractivity contribution in [2.75, 3.05) is 18.6 Å². The zero-order valence-corrected chi connectivity index (χ0v) is 5.09. The first-order valence-electron chi connectivity index (χ1n) is 1.97. The average Bonchev–Trinajstić information content (AvgIpc) is 1.69. The maximum absolute atomic E-state index is 8.11. The molecule has 0 heterocycles. The minimum Gasteiger partial charge on any atom is -0.384 e. The number of rotatable bonds is 1. The van der Waals surface area contributed by atoms with Crippen molar-refractivity contribution in [3.63, 3.8) is 0 Å². The Labute approximate surface area is 48.1 Å². The molecule has 0 aromatic carbocycles. The van der Waals surface area contributed by atoms with Gasteiger partial charge in [-0.05, 0) is 6.26 Å². The monoisotopic (exact) mass is 116 g/mol. The molecule has 2 heteroatoms. The Kier molecular flexibility index (Phi) is 5.76. The molecule has 0 amide bonds. The van der Waals surface area contributed by atoms with Gasteiger partial charge in [-0.1, -0.05) is 11.8 Å². The Morgan fingerprint density at radius 3 is 2.71 bits per heavy atom. The SMILES string of the molecule is CSCC#CCO. The molecular weight excluding hydrogens is 108 g/mol. The number of aliphatic hydroxyl groups is 1. The van der Waals surface area contributed by atoms with Gasteiger partial charge in [-0.3, -0.25) is 0 Å². The fourth-order valence-corrected chi connectivity index (χ4v) is 0.426. The fourth-order valence-electron chi connectivity index (χ4n) is 0.179. The average molecular weight is 116 g/mol. The Morgan fingerprint density at radius 2 is 2.29 bits per heavy atom. The van der Waals surface area contributed by atoms with Crippen molar-refractivity contribution in [3.8, 4) is 11.8 Å². The molecule has 0 bridgehead atoms. The molecule has 0 atom stereocenters. The molecule has 0 aliphatic carbocycles. The number of aliphatic hydroxyl groups excluding tert-OH is 1. The van der Waals surface area contributed by atoms with Crippen molar-refractivity contribution in [3.05, 3.63) is 0 Å². The highest BCUT2D eigenvalue weighted by Gasteiger charge is 1.65. The summed E-state index contributed by atoms with van der Waals surface area (Å²) in [4.78, 5) is 0. The molecule has 0 aromatic rings. The van der Waals surface area contributed by atoms with E-state index in [-0.39, 0.29) is 6.61 Å². The van der Waals surface area contributed by atoms with E-state index in [1.165, 1.54) is 0 Å². The molecular formula is C5H8OS. The Hall–Kier alpha value is -0.130. The van der Waals surface area contributed by atoms with Gasteiger partial charge in [-0.25, -0.2) is 0 Å². The van der Waals surface area contributed by atoms with Gasteiger partial charge in [0.25, 0.3) is 0 Å². The highest BCUT2D eigenvalue weighted by Crippen LogP contribution is 1.85. The molecule has 0 aromatic heterocycles. The topological polar surface area (TPSA) is 20.2 Å². The van der Waals surface area contributed by atoms with Gasteiger partial charge in [0.2, 0.25) is 0 Å². The molecule has 0 unspecified atom stereocenters. The standard InChI is InChI=1S/C5H8OS/c1-7-5-3-2-4-6/h6H,4-5H2,1H3. The molecule has 40 valence electrons. The van der Waals surface area contributed by atoms with Crippen LogP contribution in [0.4, 0.5) is 0 Å². The van der Waals surface area contributed by atoms with E-state index in [2.05, 4.69) is 11.8 Å². The van der Waals surface area contributed by atoms with Gasteiger partial charge in [0.05, 0.1) is 5.75 Å². The lowest BCUT2D eigenvalue weighted by Gasteiger charge is -1.75. The van der Waals surface area contributed by atoms with Crippen molar-refractivity contribution in [1.29, 1.82) is 0 Å². The molecule has 0 spiro atoms. The zero-order chi connectivity index (χ0) is 5.54. The van der Waals surface area contributed by atoms with Crippen LogP contribution in [0.5, 0.6) is 0 Å². The summed E-state index contributed by atoms with van der Waals surface area (Å²) >= 11 is 1.66. The molecule has 0 aliphatic rings. The van der Waals surface area contributed by atoms with Gasteiger partial charge in [-0.2, -0.15) is 11.8 Å². The third-order valence-electron chi connectivity index (χ3n) is 0.421. The van der Waals surface area contributed by atoms with Gasteiger partial charge in [-0.15, -0.1) is 0 Å². The number of hydrogen-bond acceptors (Lipinski definition) is 2. The Balaban J connectivity index is 2.91. The van der Waals surface area contributed by atoms with Crippen LogP contribution in [0.2, 0.25) is 0 Å². The molecule has 0 fully saturated rings. The van der Waals surface area contributed by atoms with Crippen molar-refractivity contribution in [2.45, 2.75) is 0 Å². The third-order valence-corrected chi connectivity index (χ3v) is 0.854. The summed E-state index contributed by atoms with van der Waals surface area (Å²) in [5.41, 5.74) is 0. The smallest absolute Gasteiger partial charge is 0.104 e. The fraction of sp³-hybridized carbons (Fsp3) is 0.600. The normalized spacial score (nSPS) is 7.14. The zero-order valence-electron chi connectivity index (χ0n) is 4.27. The summed E-state index contributed by atoms with van der Waals surface area (Å²) in [6.45, 7) is -0.0133. The van der Waals surface area contributed by atoms with E-state index >= 15 is 0 Å². The lowest BCUT2D eigenvalue weighted by Crippen LogP contribution is -1.72. The van der Waals surface area contributed by atoms with Gasteiger partial charge >= 0.3 is 0 Å². The lowest BCUT2D eigenvalue weighted by molar-refractivity contribution is 0.350. The molecule has 1 nitrogen and oxygen atoms in total. The van der Waals surface area contributed by atoms with Gasteiger partial charge in [0, 0.05) is 0 Å². The van der Waals surface area contributed by atoms with Crippen LogP contribution >= 0.6 is 11.8 Å². The summed E-state index contributed by atoms with van der Waals surface area (Å²) < 4.78 is 0. The van der Waals surface area contributed by atoms with Crippen LogP contribution in [0.15, 0.2) is 0 Å². The maximum atomic E-state index is 8.11. The maximum Gasteiger partial charge on any atom is 0.104 e. The van der Waals surface area contributed by atoms with Crippen LogP contribution < -0.4 is 0 Å². The number of thioether (sulfide) groups is 1. The van der Waals surface area contributed by atoms with Crippen LogP contribution in [0, 0.1) is 11.8 Å². The molecule has 0 radical (unpaired) electrons. The molecule has 0 saturated heterocycles. The second-order valence-corrected chi connectivity index (χ2v) is 1.81. The summed E-state index contributed by atoms with van der Waals surface area (Å²) in [6, 6.07) is 0. The molecule has 0 aliphatic heterocycles. The highest BCUT2D eigenvalue weighted by molar-refractivity contribution is 7.98. The van der Waals surface area contributed by atoms with Gasteiger partial charge in [0.1, 0.15) is 6.61 Å². The summed E-state index contributed by atoms with van der Waals surface area (Å²) in [6.07, 6.45) is 1.98. The molecule has 1 N–H and O–H groups in total. The first-order valence-corrected chi connectivity index (χ1v) is 3.36. The van der Waals surface area contributed by atoms with E-state index in [1.54, 1.807) is 11.8 Å². The van der Waals surface area contributed by atoms with Crippen LogP contribution in [0.3, 0.4) is 0 Å². The first-order chi connectivity index (χ1) is 3.41. The van der Waals surface area contributed by atoms with Crippen molar-refractivity contribution < 1.29 is 5.11 Å². The van der Waals surface area contributed by atoms with Gasteiger partial charge < -0.3 is 5.11 Å². The van der Waals surface area contributed by atoms with E-state index in [0.717, 1.165) is 5.75 Å². The minimum atomic E-state index is -0.0133. The van der Waals surface area contributed by atoms with Gasteiger partial charge in [0.15, 0.2) is 0 Å². The van der Waals surface area contributed by atoms with Crippen molar-refractivity contribution in [1.82, 2.24) is 0 Å². The summed E-state index contributed by atoms with van der Waals surface area (Å²) in [7, 11) is 0. The predicted octanol–water partition coefficient (Wildman–Crippen LogP) is 0.345. The van der Waals surface area contributed by atoms with Crippen molar-refractivity contribution >= 4 is 11.8 Å². The van der Waals surface area contributed by atoms with E-state index in [9.17, 15) is 0 Å². The first kappa shape index (κ1) is 6.87. The molecule has 7 heavy (non-hydrogen) atoms. The lowest BCUT2D eigenvalue weighted by atomic mass is 10.6. The van der Waals surface area contributed by atoms with Crippen LogP contribution in [0.25, 0.3) is 0 Å². The Bertz CT molecular complexity index is 79.8. The third kappa shape index (κ3) is 5.87. The molecule has 0 rings (SSSR count). The van der Waals surface area contributed by atoms with E-state index in [0.29, 0.717) is 0 Å². The van der Waals surface area contributed by atoms with Crippen LogP contribution in [-0.2, 0) is 0 Å². The summed E-state index contributed by atoms with van der Waals surface area (Å²) in [5.74, 6) is 6.10. The second-order valence-electron chi connectivity index (χ2n) is 0.945. The quantitative estimate of drug-likeness (QED) is 0.499. The van der Waals surface area contributed by atoms with Crippen LogP contribution in [-0.4, -0.2) is 23.7 Å². The Morgan fingerprint density at radius 1 is 1.57 bits per heavy atom.